The number of halogens is 1. The molecule has 0 radical (unpaired) electrons. The molecule has 3 nitrogen and oxygen atoms in total. The van der Waals surface area contributed by atoms with Crippen molar-refractivity contribution in [1.82, 2.24) is 10.2 Å². The number of nitrogens with zero attached hydrogens (tertiary/aromatic N) is 2. The van der Waals surface area contributed by atoms with Gasteiger partial charge in [-0.25, -0.2) is 0 Å². The van der Waals surface area contributed by atoms with E-state index in [-0.39, 0.29) is 12.4 Å². The quantitative estimate of drug-likeness (QED) is 0.852. The van der Waals surface area contributed by atoms with Crippen LogP contribution in [0.5, 0.6) is 0 Å². The van der Waals surface area contributed by atoms with Gasteiger partial charge in [-0.3, -0.25) is 9.89 Å². The predicted octanol–water partition coefficient (Wildman–Crippen LogP) is 1.49. The maximum atomic E-state index is 4.41. The Bertz CT molecular complexity index is 354. The molecule has 0 unspecified atom stereocenters. The van der Waals surface area contributed by atoms with Crippen LogP contribution < -0.4 is 5.32 Å². The summed E-state index contributed by atoms with van der Waals surface area (Å²) in [5.41, 5.74) is 3.02. The molecule has 15 heavy (non-hydrogen) atoms. The first-order valence-corrected chi connectivity index (χ1v) is 5.89. The normalized spacial score (nSPS) is 19.3. The summed E-state index contributed by atoms with van der Waals surface area (Å²) in [5.74, 6) is 1.17. The minimum atomic E-state index is 0. The first-order chi connectivity index (χ1) is 6.92. The lowest BCUT2D eigenvalue weighted by atomic mass is 10.2. The zero-order chi connectivity index (χ0) is 9.38. The second kappa shape index (κ2) is 4.51. The number of nitrogens with one attached hydrogen (secondary N) is 1. The van der Waals surface area contributed by atoms with Crippen molar-refractivity contribution in [2.24, 2.45) is 4.99 Å². The fourth-order valence-electron chi connectivity index (χ4n) is 2.04. The molecule has 0 aromatic carbocycles. The molecule has 0 bridgehead atoms. The van der Waals surface area contributed by atoms with Crippen molar-refractivity contribution in [2.45, 2.75) is 13.1 Å². The molecule has 0 aliphatic carbocycles. The number of amidine groups is 1. The Kier molecular flexibility index (Phi) is 3.29. The average Bonchev–Trinajstić information content (AvgIpc) is 2.78. The fourth-order valence-corrected chi connectivity index (χ4v) is 2.89. The topological polar surface area (TPSA) is 27.6 Å². The molecule has 0 atom stereocenters. The molecular weight excluding hydrogens is 230 g/mol. The summed E-state index contributed by atoms with van der Waals surface area (Å²) in [4.78, 5) is 6.85. The summed E-state index contributed by atoms with van der Waals surface area (Å²) in [6.45, 7) is 5.15. The molecule has 0 spiro atoms. The SMILES string of the molecule is Cl.c1scc2c1CN(CC1=NCCN1)C2. The molecule has 0 amide bonds. The summed E-state index contributed by atoms with van der Waals surface area (Å²) in [7, 11) is 0. The molecule has 0 saturated carbocycles. The molecule has 0 saturated heterocycles. The van der Waals surface area contributed by atoms with Gasteiger partial charge in [-0.05, 0) is 21.9 Å². The van der Waals surface area contributed by atoms with Crippen molar-refractivity contribution in [3.8, 4) is 0 Å². The molecular formula is C10H14ClN3S. The molecule has 3 heterocycles. The monoisotopic (exact) mass is 243 g/mol. The van der Waals surface area contributed by atoms with Crippen LogP contribution in [0.25, 0.3) is 0 Å². The summed E-state index contributed by atoms with van der Waals surface area (Å²) < 4.78 is 0. The van der Waals surface area contributed by atoms with Crippen molar-refractivity contribution in [3.05, 3.63) is 21.9 Å². The van der Waals surface area contributed by atoms with E-state index < -0.39 is 0 Å². The Balaban J connectivity index is 0.000000853. The molecule has 1 N–H and O–H groups in total. The van der Waals surface area contributed by atoms with E-state index in [0.717, 1.165) is 32.7 Å². The molecule has 0 fully saturated rings. The molecule has 2 aliphatic rings. The highest BCUT2D eigenvalue weighted by atomic mass is 35.5. The summed E-state index contributed by atoms with van der Waals surface area (Å²) >= 11 is 1.81. The lowest BCUT2D eigenvalue weighted by Crippen LogP contribution is -2.31. The summed E-state index contributed by atoms with van der Waals surface area (Å²) in [6, 6.07) is 0. The van der Waals surface area contributed by atoms with E-state index in [1.54, 1.807) is 0 Å². The second-order valence-electron chi connectivity index (χ2n) is 3.82. The minimum Gasteiger partial charge on any atom is -0.371 e. The number of rotatable bonds is 2. The Hall–Kier alpha value is -0.580. The highest BCUT2D eigenvalue weighted by Gasteiger charge is 2.21. The van der Waals surface area contributed by atoms with Crippen molar-refractivity contribution in [1.29, 1.82) is 0 Å². The van der Waals surface area contributed by atoms with Gasteiger partial charge in [0.15, 0.2) is 0 Å². The molecule has 1 aromatic rings. The third-order valence-corrected chi connectivity index (χ3v) is 3.58. The highest BCUT2D eigenvalue weighted by molar-refractivity contribution is 7.08. The van der Waals surface area contributed by atoms with Gasteiger partial charge >= 0.3 is 0 Å². The average molecular weight is 244 g/mol. The van der Waals surface area contributed by atoms with Crippen LogP contribution in [-0.2, 0) is 13.1 Å². The van der Waals surface area contributed by atoms with Gasteiger partial charge in [0.1, 0.15) is 5.84 Å². The highest BCUT2D eigenvalue weighted by Crippen LogP contribution is 2.25. The second-order valence-corrected chi connectivity index (χ2v) is 4.57. The lowest BCUT2D eigenvalue weighted by molar-refractivity contribution is 0.324. The van der Waals surface area contributed by atoms with Crippen LogP contribution in [0.4, 0.5) is 0 Å². The number of thiophene rings is 1. The number of aliphatic imine (C=N–C) groups is 1. The van der Waals surface area contributed by atoms with Crippen molar-refractivity contribution in [2.75, 3.05) is 19.6 Å². The Morgan fingerprint density at radius 2 is 2.07 bits per heavy atom. The van der Waals surface area contributed by atoms with Gasteiger partial charge in [-0.1, -0.05) is 0 Å². The summed E-state index contributed by atoms with van der Waals surface area (Å²) in [6.07, 6.45) is 0. The Morgan fingerprint density at radius 3 is 2.67 bits per heavy atom. The molecule has 3 rings (SSSR count). The van der Waals surface area contributed by atoms with Gasteiger partial charge in [0.25, 0.3) is 0 Å². The Labute approximate surface area is 99.6 Å². The maximum absolute atomic E-state index is 4.41. The van der Waals surface area contributed by atoms with Gasteiger partial charge in [-0.15, -0.1) is 12.4 Å². The smallest absolute Gasteiger partial charge is 0.111 e. The zero-order valence-electron chi connectivity index (χ0n) is 8.40. The first-order valence-electron chi connectivity index (χ1n) is 4.95. The number of hydrogen-bond acceptors (Lipinski definition) is 4. The van der Waals surface area contributed by atoms with E-state index >= 15 is 0 Å². The standard InChI is InChI=1S/C10H13N3S.ClH/c1-2-12-10(11-1)5-13-3-8-6-14-7-9(8)4-13;/h6-7H,1-5H2,(H,11,12);1H. The maximum Gasteiger partial charge on any atom is 0.111 e. The molecule has 82 valence electrons. The number of fused-ring (bicyclic) bond motifs is 1. The third kappa shape index (κ3) is 2.17. The van der Waals surface area contributed by atoms with Crippen LogP contribution in [0.3, 0.4) is 0 Å². The fraction of sp³-hybridized carbons (Fsp3) is 0.500. The van der Waals surface area contributed by atoms with Gasteiger partial charge in [0.05, 0.1) is 13.1 Å². The van der Waals surface area contributed by atoms with E-state index in [1.807, 2.05) is 11.3 Å². The first kappa shape index (κ1) is 10.9. The van der Waals surface area contributed by atoms with Crippen molar-refractivity contribution < 1.29 is 0 Å². The van der Waals surface area contributed by atoms with Crippen molar-refractivity contribution >= 4 is 29.6 Å². The van der Waals surface area contributed by atoms with Crippen molar-refractivity contribution in [3.63, 3.8) is 0 Å². The Morgan fingerprint density at radius 1 is 1.33 bits per heavy atom. The van der Waals surface area contributed by atoms with Crippen LogP contribution in [0.1, 0.15) is 11.1 Å². The molecule has 1 aromatic heterocycles. The van der Waals surface area contributed by atoms with Gasteiger partial charge in [-0.2, -0.15) is 11.3 Å². The number of hydrogen-bond donors (Lipinski definition) is 1. The van der Waals surface area contributed by atoms with E-state index in [2.05, 4.69) is 26.0 Å². The predicted molar refractivity (Wildman–Crippen MR) is 66.0 cm³/mol. The van der Waals surface area contributed by atoms with Gasteiger partial charge in [0.2, 0.25) is 0 Å². The third-order valence-electron chi connectivity index (χ3n) is 2.74. The summed E-state index contributed by atoms with van der Waals surface area (Å²) in [5, 5.41) is 7.84. The van der Waals surface area contributed by atoms with E-state index in [0.29, 0.717) is 0 Å². The lowest BCUT2D eigenvalue weighted by Gasteiger charge is -2.14. The molecule has 2 aliphatic heterocycles. The van der Waals surface area contributed by atoms with Crippen LogP contribution in [0.2, 0.25) is 0 Å². The van der Waals surface area contributed by atoms with Crippen LogP contribution in [-0.4, -0.2) is 30.4 Å². The van der Waals surface area contributed by atoms with Gasteiger partial charge < -0.3 is 5.32 Å². The minimum absolute atomic E-state index is 0. The van der Waals surface area contributed by atoms with E-state index in [9.17, 15) is 0 Å². The van der Waals surface area contributed by atoms with Gasteiger partial charge in [0, 0.05) is 19.6 Å². The molecule has 5 heteroatoms. The zero-order valence-corrected chi connectivity index (χ0v) is 10.0. The largest absolute Gasteiger partial charge is 0.371 e. The van der Waals surface area contributed by atoms with E-state index in [4.69, 9.17) is 0 Å². The van der Waals surface area contributed by atoms with Crippen LogP contribution >= 0.6 is 23.7 Å². The van der Waals surface area contributed by atoms with Crippen LogP contribution in [0, 0.1) is 0 Å². The van der Waals surface area contributed by atoms with E-state index in [1.165, 1.54) is 17.0 Å². The van der Waals surface area contributed by atoms with Crippen LogP contribution in [0.15, 0.2) is 15.8 Å².